The lowest BCUT2D eigenvalue weighted by molar-refractivity contribution is -0.137. The Labute approximate surface area is 206 Å². The number of halogens is 4. The zero-order chi connectivity index (χ0) is 24.6. The molecule has 1 fully saturated rings. The molecule has 34 heavy (non-hydrogen) atoms. The molecule has 1 amide bonds. The number of alkyl halides is 3. The van der Waals surface area contributed by atoms with Crippen LogP contribution in [-0.4, -0.2) is 17.7 Å². The lowest BCUT2D eigenvalue weighted by Crippen LogP contribution is -2.19. The monoisotopic (exact) mass is 510 g/mol. The van der Waals surface area contributed by atoms with E-state index in [9.17, 15) is 18.0 Å². The van der Waals surface area contributed by atoms with E-state index >= 15 is 0 Å². The van der Waals surface area contributed by atoms with Gasteiger partial charge in [-0.2, -0.15) is 13.2 Å². The zero-order valence-electron chi connectivity index (χ0n) is 18.8. The summed E-state index contributed by atoms with van der Waals surface area (Å²) in [6, 6.07) is 10.6. The number of ether oxygens (including phenoxy) is 1. The van der Waals surface area contributed by atoms with Gasteiger partial charge in [-0.1, -0.05) is 62.8 Å². The first kappa shape index (κ1) is 26.2. The summed E-state index contributed by atoms with van der Waals surface area (Å²) in [5.41, 5.74) is -0.502. The van der Waals surface area contributed by atoms with Crippen molar-refractivity contribution in [2.24, 2.45) is 4.99 Å². The minimum absolute atomic E-state index is 0.0422. The summed E-state index contributed by atoms with van der Waals surface area (Å²) in [6.07, 6.45) is 4.21. The Morgan fingerprint density at radius 3 is 2.47 bits per heavy atom. The van der Waals surface area contributed by atoms with Crippen LogP contribution in [0, 0.1) is 0 Å². The second-order valence-corrected chi connectivity index (χ2v) is 9.29. The highest BCUT2D eigenvalue weighted by atomic mass is 35.5. The van der Waals surface area contributed by atoms with Gasteiger partial charge in [-0.15, -0.1) is 0 Å². The number of nitrogens with zero attached hydrogens (tertiary/aromatic N) is 1. The van der Waals surface area contributed by atoms with Crippen LogP contribution in [0.2, 0.25) is 5.02 Å². The number of rotatable bonds is 10. The molecule has 182 valence electrons. The Morgan fingerprint density at radius 2 is 1.76 bits per heavy atom. The molecule has 1 aliphatic rings. The van der Waals surface area contributed by atoms with E-state index < -0.39 is 17.6 Å². The number of benzene rings is 2. The van der Waals surface area contributed by atoms with Crippen LogP contribution in [0.1, 0.15) is 56.6 Å². The van der Waals surface area contributed by atoms with E-state index in [2.05, 4.69) is 17.2 Å². The first-order chi connectivity index (χ1) is 16.3. The molecular weight excluding hydrogens is 485 g/mol. The average Bonchev–Trinajstić information content (AvgIpc) is 3.13. The smallest absolute Gasteiger partial charge is 0.418 e. The van der Waals surface area contributed by atoms with Crippen molar-refractivity contribution < 1.29 is 22.7 Å². The summed E-state index contributed by atoms with van der Waals surface area (Å²) in [5, 5.41) is 2.54. The van der Waals surface area contributed by atoms with Crippen LogP contribution in [0.25, 0.3) is 6.08 Å². The highest BCUT2D eigenvalue weighted by Gasteiger charge is 2.34. The summed E-state index contributed by atoms with van der Waals surface area (Å²) in [6.45, 7) is 2.86. The molecule has 3 rings (SSSR count). The van der Waals surface area contributed by atoms with Gasteiger partial charge in [0.2, 0.25) is 0 Å². The van der Waals surface area contributed by atoms with E-state index in [4.69, 9.17) is 16.3 Å². The molecule has 1 heterocycles. The summed E-state index contributed by atoms with van der Waals surface area (Å²) in [5.74, 6) is 0.332. The fraction of sp³-hybridized carbons (Fsp3) is 0.360. The largest absolute Gasteiger partial charge is 0.494 e. The summed E-state index contributed by atoms with van der Waals surface area (Å²) >= 11 is 6.68. The Balaban J connectivity index is 1.60. The predicted molar refractivity (Wildman–Crippen MR) is 133 cm³/mol. The molecular formula is C25H26ClF3N2O2S. The summed E-state index contributed by atoms with van der Waals surface area (Å²) in [4.78, 5) is 16.6. The fourth-order valence-corrected chi connectivity index (χ4v) is 4.31. The molecule has 0 radical (unpaired) electrons. The maximum Gasteiger partial charge on any atom is 0.418 e. The molecule has 0 aliphatic carbocycles. The number of amidine groups is 1. The number of carbonyl (C=O) groups is 1. The topological polar surface area (TPSA) is 50.7 Å². The number of thioether (sulfide) groups is 1. The third-order valence-electron chi connectivity index (χ3n) is 5.08. The number of aliphatic imine (C=N–C) groups is 1. The van der Waals surface area contributed by atoms with Gasteiger partial charge in [0, 0.05) is 5.02 Å². The highest BCUT2D eigenvalue weighted by molar-refractivity contribution is 8.18. The van der Waals surface area contributed by atoms with E-state index in [-0.39, 0.29) is 15.9 Å². The molecule has 1 saturated heterocycles. The van der Waals surface area contributed by atoms with Gasteiger partial charge in [0.05, 0.1) is 22.8 Å². The molecule has 0 unspecified atom stereocenters. The van der Waals surface area contributed by atoms with Gasteiger partial charge in [-0.25, -0.2) is 4.99 Å². The van der Waals surface area contributed by atoms with E-state index in [0.717, 1.165) is 42.0 Å². The van der Waals surface area contributed by atoms with Gasteiger partial charge in [0.25, 0.3) is 5.91 Å². The predicted octanol–water partition coefficient (Wildman–Crippen LogP) is 7.99. The first-order valence-corrected chi connectivity index (χ1v) is 12.3. The maximum atomic E-state index is 13.3. The van der Waals surface area contributed by atoms with Crippen molar-refractivity contribution in [3.63, 3.8) is 0 Å². The molecule has 0 atom stereocenters. The quantitative estimate of drug-likeness (QED) is 0.260. The number of unbranched alkanes of at least 4 members (excludes halogenated alkanes) is 5. The Bertz CT molecular complexity index is 1050. The number of amides is 1. The molecule has 0 aromatic heterocycles. The molecule has 2 aromatic rings. The molecule has 0 saturated carbocycles. The van der Waals surface area contributed by atoms with Crippen molar-refractivity contribution in [2.75, 3.05) is 6.61 Å². The van der Waals surface area contributed by atoms with Crippen LogP contribution < -0.4 is 10.1 Å². The second-order valence-electron chi connectivity index (χ2n) is 7.83. The van der Waals surface area contributed by atoms with Crippen molar-refractivity contribution >= 4 is 46.2 Å². The van der Waals surface area contributed by atoms with Crippen LogP contribution in [0.4, 0.5) is 18.9 Å². The van der Waals surface area contributed by atoms with Gasteiger partial charge in [0.15, 0.2) is 5.17 Å². The SMILES string of the molecule is CCCCCCCCOc1ccc(C=C2SC(=Nc3ccc(Cl)cc3C(F)(F)F)NC2=O)cc1. The first-order valence-electron chi connectivity index (χ1n) is 11.2. The molecule has 0 spiro atoms. The molecule has 9 heteroatoms. The minimum atomic E-state index is -4.62. The maximum absolute atomic E-state index is 13.3. The van der Waals surface area contributed by atoms with Crippen LogP contribution in [0.3, 0.4) is 0 Å². The van der Waals surface area contributed by atoms with Gasteiger partial charge in [-0.3, -0.25) is 4.79 Å². The van der Waals surface area contributed by atoms with E-state index in [1.54, 1.807) is 6.08 Å². The van der Waals surface area contributed by atoms with Crippen molar-refractivity contribution in [3.8, 4) is 5.75 Å². The normalized spacial score (nSPS) is 16.3. The zero-order valence-corrected chi connectivity index (χ0v) is 20.3. The summed E-state index contributed by atoms with van der Waals surface area (Å²) in [7, 11) is 0. The highest BCUT2D eigenvalue weighted by Crippen LogP contribution is 2.39. The standard InChI is InChI=1S/C25H26ClF3N2O2S/c1-2-3-4-5-6-7-14-33-19-11-8-17(9-12-19)15-22-23(32)31-24(34-22)30-21-13-10-18(26)16-20(21)25(27,28)29/h8-13,15-16H,2-7,14H2,1H3,(H,30,31,32). The van der Waals surface area contributed by atoms with Crippen LogP contribution in [0.5, 0.6) is 5.75 Å². The molecule has 2 aromatic carbocycles. The van der Waals surface area contributed by atoms with Gasteiger partial charge in [-0.05, 0) is 60.2 Å². The van der Waals surface area contributed by atoms with E-state index in [1.807, 2.05) is 24.3 Å². The lowest BCUT2D eigenvalue weighted by atomic mass is 10.1. The summed E-state index contributed by atoms with van der Waals surface area (Å²) < 4.78 is 45.6. The Kier molecular flexibility index (Phi) is 9.47. The molecule has 1 aliphatic heterocycles. The Morgan fingerprint density at radius 1 is 1.06 bits per heavy atom. The van der Waals surface area contributed by atoms with Crippen LogP contribution in [-0.2, 0) is 11.0 Å². The number of hydrogen-bond acceptors (Lipinski definition) is 4. The van der Waals surface area contributed by atoms with E-state index in [0.29, 0.717) is 11.5 Å². The Hall–Kier alpha value is -2.45. The van der Waals surface area contributed by atoms with Gasteiger partial charge >= 0.3 is 6.18 Å². The average molecular weight is 511 g/mol. The van der Waals surface area contributed by atoms with Gasteiger partial charge in [0.1, 0.15) is 5.75 Å². The minimum Gasteiger partial charge on any atom is -0.494 e. The van der Waals surface area contributed by atoms with Crippen LogP contribution >= 0.6 is 23.4 Å². The molecule has 1 N–H and O–H groups in total. The molecule has 4 nitrogen and oxygen atoms in total. The number of nitrogens with one attached hydrogen (secondary N) is 1. The van der Waals surface area contributed by atoms with Crippen LogP contribution in [0.15, 0.2) is 52.4 Å². The third kappa shape index (κ3) is 7.81. The third-order valence-corrected chi connectivity index (χ3v) is 6.23. The number of carbonyl (C=O) groups excluding carboxylic acids is 1. The fourth-order valence-electron chi connectivity index (χ4n) is 3.31. The van der Waals surface area contributed by atoms with Crippen molar-refractivity contribution in [1.29, 1.82) is 0 Å². The lowest BCUT2D eigenvalue weighted by Gasteiger charge is -2.10. The van der Waals surface area contributed by atoms with Crippen molar-refractivity contribution in [2.45, 2.75) is 51.6 Å². The number of hydrogen-bond donors (Lipinski definition) is 1. The van der Waals surface area contributed by atoms with Gasteiger partial charge < -0.3 is 10.1 Å². The second kappa shape index (κ2) is 12.3. The van der Waals surface area contributed by atoms with E-state index in [1.165, 1.54) is 37.8 Å². The van der Waals surface area contributed by atoms with Crippen molar-refractivity contribution in [3.05, 3.63) is 63.5 Å². The van der Waals surface area contributed by atoms with Crippen molar-refractivity contribution in [1.82, 2.24) is 5.32 Å². The molecule has 0 bridgehead atoms.